The highest BCUT2D eigenvalue weighted by atomic mass is 16.7. The molecule has 5 N–H and O–H groups in total. The van der Waals surface area contributed by atoms with Gasteiger partial charge in [-0.05, 0) is 50.9 Å². The van der Waals surface area contributed by atoms with Gasteiger partial charge in [0.25, 0.3) is 0 Å². The molecule has 0 bridgehead atoms. The highest BCUT2D eigenvalue weighted by Gasteiger charge is 2.42. The molecule has 9 atom stereocenters. The predicted molar refractivity (Wildman–Crippen MR) is 112 cm³/mol. The van der Waals surface area contributed by atoms with Gasteiger partial charge < -0.3 is 30.7 Å². The van der Waals surface area contributed by atoms with E-state index >= 15 is 0 Å². The van der Waals surface area contributed by atoms with Crippen LogP contribution in [0.3, 0.4) is 0 Å². The Labute approximate surface area is 175 Å². The van der Waals surface area contributed by atoms with Crippen LogP contribution in [-0.4, -0.2) is 59.4 Å². The van der Waals surface area contributed by atoms with Crippen LogP contribution >= 0.6 is 0 Å². The zero-order chi connectivity index (χ0) is 21.6. The van der Waals surface area contributed by atoms with E-state index in [0.717, 1.165) is 44.9 Å². The van der Waals surface area contributed by atoms with Gasteiger partial charge in [-0.25, -0.2) is 0 Å². The fourth-order valence-corrected chi connectivity index (χ4v) is 4.33. The number of carbonyl (C=O) groups is 1. The van der Waals surface area contributed by atoms with Crippen molar-refractivity contribution in [2.45, 2.75) is 109 Å². The minimum Gasteiger partial charge on any atom is -0.389 e. The summed E-state index contributed by atoms with van der Waals surface area (Å²) in [6.07, 6.45) is 3.45. The number of rotatable bonds is 2. The van der Waals surface area contributed by atoms with Gasteiger partial charge >= 0.3 is 0 Å². The Morgan fingerprint density at radius 2 is 1.72 bits per heavy atom. The number of ether oxygens (including phenoxy) is 2. The van der Waals surface area contributed by atoms with E-state index in [4.69, 9.17) is 15.2 Å². The van der Waals surface area contributed by atoms with E-state index in [9.17, 15) is 15.0 Å². The maximum absolute atomic E-state index is 12.2. The fraction of sp³-hybridized carbons (Fsp3) is 0.955. The molecule has 7 heteroatoms. The number of hydrogen-bond donors (Lipinski definition) is 4. The minimum absolute atomic E-state index is 0.0655. The fourth-order valence-electron chi connectivity index (χ4n) is 4.33. The summed E-state index contributed by atoms with van der Waals surface area (Å²) in [4.78, 5) is 12.2. The lowest BCUT2D eigenvalue weighted by atomic mass is 9.89. The van der Waals surface area contributed by atoms with Crippen molar-refractivity contribution in [2.24, 2.45) is 23.5 Å². The molecule has 0 aromatic carbocycles. The topological polar surface area (TPSA) is 114 Å². The molecule has 2 rings (SSSR count). The van der Waals surface area contributed by atoms with Crippen LogP contribution in [0.1, 0.15) is 72.6 Å². The largest absolute Gasteiger partial charge is 0.389 e. The Bertz CT molecular complexity index is 506. The summed E-state index contributed by atoms with van der Waals surface area (Å²) in [5, 5.41) is 23.5. The first-order valence-corrected chi connectivity index (χ1v) is 11.4. The molecule has 0 aromatic heterocycles. The molecule has 7 nitrogen and oxygen atoms in total. The highest BCUT2D eigenvalue weighted by Crippen LogP contribution is 2.28. The molecular weight excluding hydrogens is 372 g/mol. The van der Waals surface area contributed by atoms with Gasteiger partial charge in [0.2, 0.25) is 5.91 Å². The second-order valence-corrected chi connectivity index (χ2v) is 9.37. The van der Waals surface area contributed by atoms with Crippen LogP contribution in [0, 0.1) is 17.8 Å². The molecule has 0 spiro atoms. The first kappa shape index (κ1) is 24.5. The average Bonchev–Trinajstić information content (AvgIpc) is 2.69. The van der Waals surface area contributed by atoms with Crippen LogP contribution < -0.4 is 11.1 Å². The molecule has 0 saturated carbocycles. The van der Waals surface area contributed by atoms with Gasteiger partial charge in [0.15, 0.2) is 6.29 Å². The smallest absolute Gasteiger partial charge is 0.222 e. The van der Waals surface area contributed by atoms with Crippen molar-refractivity contribution in [3.05, 3.63) is 0 Å². The molecule has 170 valence electrons. The van der Waals surface area contributed by atoms with Gasteiger partial charge in [0.05, 0.1) is 24.4 Å². The summed E-state index contributed by atoms with van der Waals surface area (Å²) >= 11 is 0. The van der Waals surface area contributed by atoms with Gasteiger partial charge in [-0.2, -0.15) is 0 Å². The third-order valence-corrected chi connectivity index (χ3v) is 6.70. The van der Waals surface area contributed by atoms with Crippen LogP contribution in [0.5, 0.6) is 0 Å². The molecule has 2 aliphatic heterocycles. The summed E-state index contributed by atoms with van der Waals surface area (Å²) in [7, 11) is 0. The quantitative estimate of drug-likeness (QED) is 0.549. The molecule has 2 fully saturated rings. The van der Waals surface area contributed by atoms with Crippen LogP contribution in [0.2, 0.25) is 0 Å². The number of nitrogens with one attached hydrogen (secondary N) is 1. The number of hydrogen-bond acceptors (Lipinski definition) is 6. The van der Waals surface area contributed by atoms with Crippen LogP contribution in [0.25, 0.3) is 0 Å². The first-order chi connectivity index (χ1) is 13.7. The van der Waals surface area contributed by atoms with E-state index in [1.54, 1.807) is 6.92 Å². The van der Waals surface area contributed by atoms with Gasteiger partial charge in [-0.1, -0.05) is 33.6 Å². The van der Waals surface area contributed by atoms with Crippen LogP contribution in [-0.2, 0) is 14.3 Å². The molecule has 2 aliphatic rings. The van der Waals surface area contributed by atoms with Crippen molar-refractivity contribution in [1.82, 2.24) is 5.32 Å². The molecule has 2 heterocycles. The Kier molecular flexibility index (Phi) is 9.82. The zero-order valence-corrected chi connectivity index (χ0v) is 18.5. The van der Waals surface area contributed by atoms with Crippen molar-refractivity contribution in [3.8, 4) is 0 Å². The van der Waals surface area contributed by atoms with Crippen molar-refractivity contribution < 1.29 is 24.5 Å². The summed E-state index contributed by atoms with van der Waals surface area (Å²) in [6, 6.07) is -0.784. The van der Waals surface area contributed by atoms with E-state index in [1.165, 1.54) is 0 Å². The molecular formula is C22H42N2O5. The molecule has 0 aliphatic carbocycles. The zero-order valence-electron chi connectivity index (χ0n) is 18.5. The van der Waals surface area contributed by atoms with Gasteiger partial charge in [-0.15, -0.1) is 0 Å². The number of aliphatic hydroxyl groups excluding tert-OH is 2. The summed E-state index contributed by atoms with van der Waals surface area (Å²) in [5.74, 6) is 1.03. The van der Waals surface area contributed by atoms with E-state index < -0.39 is 30.6 Å². The summed E-state index contributed by atoms with van der Waals surface area (Å²) < 4.78 is 12.0. The van der Waals surface area contributed by atoms with E-state index in [0.29, 0.717) is 12.5 Å². The van der Waals surface area contributed by atoms with Crippen molar-refractivity contribution >= 4 is 5.91 Å². The van der Waals surface area contributed by atoms with Gasteiger partial charge in [-0.3, -0.25) is 4.79 Å². The normalized spacial score (nSPS) is 44.0. The molecule has 29 heavy (non-hydrogen) atoms. The maximum atomic E-state index is 12.2. The predicted octanol–water partition coefficient (Wildman–Crippen LogP) is 1.93. The standard InChI is InChI=1S/C22H42N2O5/c1-13-7-5-8-15(3)21(27)24-12-6-9-14(2)17(11-10-13)29-22-20(26)18(23)19(25)16(4)28-22/h13-20,22,25-26H,5-12,23H2,1-4H3,(H,24,27)/t13-,14+,15?,16+,17?,18-,19+,20-,22+/m0/s1. The number of aliphatic hydroxyl groups is 2. The Hall–Kier alpha value is -0.730. The van der Waals surface area contributed by atoms with Crippen molar-refractivity contribution in [1.29, 1.82) is 0 Å². The molecule has 0 radical (unpaired) electrons. The lowest BCUT2D eigenvalue weighted by molar-refractivity contribution is -0.286. The summed E-state index contributed by atoms with van der Waals surface area (Å²) in [6.45, 7) is 8.83. The number of carbonyl (C=O) groups excluding carboxylic acids is 1. The number of amides is 1. The lowest BCUT2D eigenvalue weighted by Crippen LogP contribution is -2.61. The maximum Gasteiger partial charge on any atom is 0.222 e. The second-order valence-electron chi connectivity index (χ2n) is 9.37. The van der Waals surface area contributed by atoms with E-state index in [-0.39, 0.29) is 23.8 Å². The lowest BCUT2D eigenvalue weighted by Gasteiger charge is -2.42. The van der Waals surface area contributed by atoms with Crippen LogP contribution in [0.15, 0.2) is 0 Å². The third-order valence-electron chi connectivity index (χ3n) is 6.70. The molecule has 2 saturated heterocycles. The Balaban J connectivity index is 2.01. The van der Waals surface area contributed by atoms with E-state index in [1.807, 2.05) is 6.92 Å². The van der Waals surface area contributed by atoms with Gasteiger partial charge in [0, 0.05) is 12.5 Å². The first-order valence-electron chi connectivity index (χ1n) is 11.4. The summed E-state index contributed by atoms with van der Waals surface area (Å²) in [5.41, 5.74) is 5.96. The van der Waals surface area contributed by atoms with Crippen molar-refractivity contribution in [2.75, 3.05) is 6.54 Å². The number of nitrogens with two attached hydrogens (primary N) is 1. The third kappa shape index (κ3) is 7.17. The minimum atomic E-state index is -1.06. The SMILES string of the molecule is CC1CCC[C@H](C)CCC(O[C@H]2O[C@H](C)[C@@H](O)[C@H](N)[C@@H]2O)[C@H](C)CCCNC1=O. The van der Waals surface area contributed by atoms with Gasteiger partial charge in [0.1, 0.15) is 6.10 Å². The second kappa shape index (κ2) is 11.6. The van der Waals surface area contributed by atoms with Crippen LogP contribution in [0.4, 0.5) is 0 Å². The monoisotopic (exact) mass is 414 g/mol. The molecule has 0 aromatic rings. The van der Waals surface area contributed by atoms with Crippen molar-refractivity contribution in [3.63, 3.8) is 0 Å². The average molecular weight is 415 g/mol. The Morgan fingerprint density at radius 3 is 2.45 bits per heavy atom. The molecule has 1 amide bonds. The molecule has 2 unspecified atom stereocenters. The van der Waals surface area contributed by atoms with E-state index in [2.05, 4.69) is 19.2 Å². The Morgan fingerprint density at radius 1 is 1.00 bits per heavy atom. The highest BCUT2D eigenvalue weighted by molar-refractivity contribution is 5.78.